The maximum Gasteiger partial charge on any atom is 0.339 e. The van der Waals surface area contributed by atoms with Crippen molar-refractivity contribution < 1.29 is 33.8 Å². The number of anilines is 1. The molecule has 0 saturated carbocycles. The normalized spacial score (nSPS) is 14.4. The summed E-state index contributed by atoms with van der Waals surface area (Å²) >= 11 is 12.7. The summed E-state index contributed by atoms with van der Waals surface area (Å²) in [5, 5.41) is 12.0. The highest BCUT2D eigenvalue weighted by Gasteiger charge is 2.36. The Balaban J connectivity index is 1.73. The molecule has 1 heterocycles. The van der Waals surface area contributed by atoms with Crippen LogP contribution in [-0.4, -0.2) is 52.8 Å². The maximum absolute atomic E-state index is 12.8. The quantitative estimate of drug-likeness (QED) is 0.357. The summed E-state index contributed by atoms with van der Waals surface area (Å²) in [6.45, 7) is 3.28. The van der Waals surface area contributed by atoms with Crippen LogP contribution in [0.4, 0.5) is 10.5 Å². The predicted octanol–water partition coefficient (Wildman–Crippen LogP) is 4.95. The Morgan fingerprint density at radius 3 is 2.54 bits per heavy atom. The van der Waals surface area contributed by atoms with Crippen LogP contribution in [0.25, 0.3) is 6.08 Å². The smallest absolute Gasteiger partial charge is 0.339 e. The van der Waals surface area contributed by atoms with E-state index in [0.717, 1.165) is 4.90 Å². The number of phenols is 1. The number of imide groups is 1. The summed E-state index contributed by atoms with van der Waals surface area (Å²) in [5.41, 5.74) is 0.741. The summed E-state index contributed by atoms with van der Waals surface area (Å²) in [5.74, 6) is -2.07. The number of ether oxygens (including phenoxy) is 2. The standard InChI is InChI=1S/C23H20Cl2N2O7S/c1-3-33-17-8-12(7-16(25)20(17)29)9-18-21(30)27(23(32)35-18)11-19(28)26-13-5-6-15(24)14(10-13)22(31)34-4-2/h5-10,29H,3-4,11H2,1-2H3,(H,26,28)/b18-9-. The van der Waals surface area contributed by atoms with Gasteiger partial charge in [0.1, 0.15) is 6.54 Å². The van der Waals surface area contributed by atoms with E-state index in [-0.39, 0.29) is 50.9 Å². The van der Waals surface area contributed by atoms with Crippen LogP contribution < -0.4 is 10.1 Å². The van der Waals surface area contributed by atoms with Gasteiger partial charge in [-0.3, -0.25) is 19.3 Å². The Kier molecular flexibility index (Phi) is 8.66. The molecular weight excluding hydrogens is 519 g/mol. The van der Waals surface area contributed by atoms with Gasteiger partial charge >= 0.3 is 5.97 Å². The van der Waals surface area contributed by atoms with E-state index in [1.54, 1.807) is 13.8 Å². The first-order valence-electron chi connectivity index (χ1n) is 10.3. The van der Waals surface area contributed by atoms with Gasteiger partial charge in [-0.1, -0.05) is 23.2 Å². The number of nitrogens with zero attached hydrogens (tertiary/aromatic N) is 1. The van der Waals surface area contributed by atoms with E-state index >= 15 is 0 Å². The lowest BCUT2D eigenvalue weighted by molar-refractivity contribution is -0.127. The number of esters is 1. The van der Waals surface area contributed by atoms with E-state index in [1.807, 2.05) is 0 Å². The fourth-order valence-electron chi connectivity index (χ4n) is 3.04. The van der Waals surface area contributed by atoms with Gasteiger partial charge in [0.15, 0.2) is 11.5 Å². The zero-order valence-corrected chi connectivity index (χ0v) is 20.9. The van der Waals surface area contributed by atoms with Crippen molar-refractivity contribution in [1.29, 1.82) is 0 Å². The SMILES string of the molecule is CCOC(=O)c1cc(NC(=O)CN2C(=O)S/C(=C\c3cc(Cl)c(O)c(OCC)c3)C2=O)ccc1Cl. The van der Waals surface area contributed by atoms with Gasteiger partial charge < -0.3 is 19.9 Å². The molecule has 0 aliphatic carbocycles. The van der Waals surface area contributed by atoms with Crippen molar-refractivity contribution in [3.63, 3.8) is 0 Å². The topological polar surface area (TPSA) is 122 Å². The summed E-state index contributed by atoms with van der Waals surface area (Å²) in [4.78, 5) is 50.6. The number of thioether (sulfide) groups is 1. The Bertz CT molecular complexity index is 1230. The molecule has 0 unspecified atom stereocenters. The molecular formula is C23H20Cl2N2O7S. The van der Waals surface area contributed by atoms with E-state index in [9.17, 15) is 24.3 Å². The van der Waals surface area contributed by atoms with Crippen molar-refractivity contribution in [2.45, 2.75) is 13.8 Å². The second-order valence-electron chi connectivity index (χ2n) is 7.01. The lowest BCUT2D eigenvalue weighted by atomic mass is 10.2. The summed E-state index contributed by atoms with van der Waals surface area (Å²) in [7, 11) is 0. The Morgan fingerprint density at radius 1 is 1.11 bits per heavy atom. The van der Waals surface area contributed by atoms with E-state index < -0.39 is 29.6 Å². The van der Waals surface area contributed by atoms with Crippen molar-refractivity contribution >= 4 is 69.8 Å². The van der Waals surface area contributed by atoms with Crippen LogP contribution in [0.2, 0.25) is 10.0 Å². The molecule has 2 N–H and O–H groups in total. The van der Waals surface area contributed by atoms with Crippen LogP contribution in [0.3, 0.4) is 0 Å². The first-order chi connectivity index (χ1) is 16.6. The van der Waals surface area contributed by atoms with E-state index in [4.69, 9.17) is 32.7 Å². The third kappa shape index (κ3) is 6.27. The Labute approximate surface area is 215 Å². The van der Waals surface area contributed by atoms with Crippen LogP contribution in [0.1, 0.15) is 29.8 Å². The van der Waals surface area contributed by atoms with Gasteiger partial charge in [0.25, 0.3) is 11.1 Å². The molecule has 1 aliphatic rings. The van der Waals surface area contributed by atoms with Gasteiger partial charge in [-0.05, 0) is 67.6 Å². The molecule has 0 atom stereocenters. The number of carbonyl (C=O) groups excluding carboxylic acids is 4. The van der Waals surface area contributed by atoms with Gasteiger partial charge in [-0.2, -0.15) is 0 Å². The number of amides is 3. The van der Waals surface area contributed by atoms with Crippen molar-refractivity contribution in [2.24, 2.45) is 0 Å². The van der Waals surface area contributed by atoms with Crippen molar-refractivity contribution in [3.05, 3.63) is 56.4 Å². The fraction of sp³-hybridized carbons (Fsp3) is 0.217. The van der Waals surface area contributed by atoms with Gasteiger partial charge in [-0.25, -0.2) is 4.79 Å². The highest BCUT2D eigenvalue weighted by molar-refractivity contribution is 8.18. The maximum atomic E-state index is 12.8. The minimum absolute atomic E-state index is 0.0194. The van der Waals surface area contributed by atoms with Crippen LogP contribution >= 0.6 is 35.0 Å². The molecule has 1 aliphatic heterocycles. The fourth-order valence-corrected chi connectivity index (χ4v) is 4.29. The third-order valence-corrected chi connectivity index (χ3v) is 6.09. The second kappa shape index (κ2) is 11.5. The first-order valence-corrected chi connectivity index (χ1v) is 11.9. The van der Waals surface area contributed by atoms with E-state index in [2.05, 4.69) is 5.32 Å². The molecule has 2 aromatic rings. The van der Waals surface area contributed by atoms with Crippen LogP contribution in [0.5, 0.6) is 11.5 Å². The monoisotopic (exact) mass is 538 g/mol. The van der Waals surface area contributed by atoms with Gasteiger partial charge in [0, 0.05) is 5.69 Å². The minimum Gasteiger partial charge on any atom is -0.503 e. The number of halogens is 2. The van der Waals surface area contributed by atoms with Crippen LogP contribution in [0.15, 0.2) is 35.2 Å². The molecule has 12 heteroatoms. The zero-order valence-electron chi connectivity index (χ0n) is 18.6. The molecule has 1 fully saturated rings. The minimum atomic E-state index is -0.666. The van der Waals surface area contributed by atoms with E-state index in [1.165, 1.54) is 36.4 Å². The number of nitrogens with one attached hydrogen (secondary N) is 1. The van der Waals surface area contributed by atoms with Crippen molar-refractivity contribution in [3.8, 4) is 11.5 Å². The number of rotatable bonds is 8. The number of carbonyl (C=O) groups is 4. The average molecular weight is 539 g/mol. The number of phenolic OH excluding ortho intramolecular Hbond substituents is 1. The Hall–Kier alpha value is -3.21. The van der Waals surface area contributed by atoms with Gasteiger partial charge in [-0.15, -0.1) is 0 Å². The van der Waals surface area contributed by atoms with Gasteiger partial charge in [0.2, 0.25) is 5.91 Å². The predicted molar refractivity (Wildman–Crippen MR) is 133 cm³/mol. The second-order valence-corrected chi connectivity index (χ2v) is 8.82. The van der Waals surface area contributed by atoms with Crippen LogP contribution in [-0.2, 0) is 14.3 Å². The van der Waals surface area contributed by atoms with Crippen molar-refractivity contribution in [1.82, 2.24) is 4.90 Å². The molecule has 3 amide bonds. The molecule has 0 bridgehead atoms. The molecule has 9 nitrogen and oxygen atoms in total. The Morgan fingerprint density at radius 2 is 1.86 bits per heavy atom. The van der Waals surface area contributed by atoms with Gasteiger partial charge in [0.05, 0.1) is 33.7 Å². The molecule has 0 aromatic heterocycles. The van der Waals surface area contributed by atoms with Crippen molar-refractivity contribution in [2.75, 3.05) is 25.1 Å². The number of hydrogen-bond acceptors (Lipinski definition) is 8. The first kappa shape index (κ1) is 26.4. The number of aromatic hydroxyl groups is 1. The molecule has 0 spiro atoms. The highest BCUT2D eigenvalue weighted by Crippen LogP contribution is 2.38. The average Bonchev–Trinajstić information content (AvgIpc) is 3.06. The lowest BCUT2D eigenvalue weighted by Gasteiger charge is -2.13. The van der Waals surface area contributed by atoms with E-state index in [0.29, 0.717) is 17.3 Å². The molecule has 184 valence electrons. The largest absolute Gasteiger partial charge is 0.503 e. The molecule has 3 rings (SSSR count). The molecule has 35 heavy (non-hydrogen) atoms. The number of hydrogen-bond donors (Lipinski definition) is 2. The summed E-state index contributed by atoms with van der Waals surface area (Å²) < 4.78 is 10.2. The summed E-state index contributed by atoms with van der Waals surface area (Å²) in [6.07, 6.45) is 1.42. The lowest BCUT2D eigenvalue weighted by Crippen LogP contribution is -2.36. The third-order valence-electron chi connectivity index (χ3n) is 4.57. The molecule has 0 radical (unpaired) electrons. The van der Waals surface area contributed by atoms with Crippen LogP contribution in [0, 0.1) is 0 Å². The molecule has 1 saturated heterocycles. The highest BCUT2D eigenvalue weighted by atomic mass is 35.5. The summed E-state index contributed by atoms with van der Waals surface area (Å²) in [6, 6.07) is 7.14. The number of benzene rings is 2. The molecule has 2 aromatic carbocycles. The zero-order chi connectivity index (χ0) is 25.7.